The summed E-state index contributed by atoms with van der Waals surface area (Å²) in [6.07, 6.45) is 0.0680. The van der Waals surface area contributed by atoms with Crippen molar-refractivity contribution in [2.75, 3.05) is 7.05 Å². The first kappa shape index (κ1) is 9.27. The van der Waals surface area contributed by atoms with Crippen LogP contribution in [0.4, 0.5) is 0 Å². The molecule has 2 heterocycles. The van der Waals surface area contributed by atoms with Crippen LogP contribution in [0.25, 0.3) is 0 Å². The molecule has 0 bridgehead atoms. The molecule has 0 spiro atoms. The van der Waals surface area contributed by atoms with Gasteiger partial charge in [0.2, 0.25) is 0 Å². The lowest BCUT2D eigenvalue weighted by molar-refractivity contribution is -0.136. The van der Waals surface area contributed by atoms with Crippen LogP contribution in [0.15, 0.2) is 4.42 Å². The number of aliphatic carboxylic acids is 1. The van der Waals surface area contributed by atoms with Gasteiger partial charge in [-0.1, -0.05) is 0 Å². The van der Waals surface area contributed by atoms with Crippen LogP contribution in [0.5, 0.6) is 0 Å². The molecule has 0 radical (unpaired) electrons. The van der Waals surface area contributed by atoms with Crippen molar-refractivity contribution >= 4 is 5.97 Å². The summed E-state index contributed by atoms with van der Waals surface area (Å²) in [6.45, 7) is 3.42. The number of aryl methyl sites for hydroxylation is 1. The summed E-state index contributed by atoms with van der Waals surface area (Å²) in [6, 6.07) is 0. The molecule has 4 heteroatoms. The second kappa shape index (κ2) is 3.13. The van der Waals surface area contributed by atoms with Gasteiger partial charge in [0.15, 0.2) is 0 Å². The molecule has 1 aromatic heterocycles. The van der Waals surface area contributed by atoms with Gasteiger partial charge < -0.3 is 9.52 Å². The second-order valence-corrected chi connectivity index (χ2v) is 3.78. The first-order valence-corrected chi connectivity index (χ1v) is 4.58. The minimum absolute atomic E-state index is 0.0680. The molecule has 1 aliphatic rings. The van der Waals surface area contributed by atoms with Crippen molar-refractivity contribution in [2.24, 2.45) is 0 Å². The maximum atomic E-state index is 10.6. The van der Waals surface area contributed by atoms with E-state index in [2.05, 4.69) is 4.90 Å². The van der Waals surface area contributed by atoms with E-state index >= 15 is 0 Å². The SMILES string of the molecule is Cc1oc2c(c1CC(=O)O)CN(C)C2. The van der Waals surface area contributed by atoms with Gasteiger partial charge in [0, 0.05) is 17.7 Å². The van der Waals surface area contributed by atoms with Crippen molar-refractivity contribution in [1.82, 2.24) is 4.90 Å². The molecule has 14 heavy (non-hydrogen) atoms. The van der Waals surface area contributed by atoms with Crippen LogP contribution in [0.2, 0.25) is 0 Å². The molecule has 0 unspecified atom stereocenters. The van der Waals surface area contributed by atoms with Crippen LogP contribution in [-0.2, 0) is 24.3 Å². The van der Waals surface area contributed by atoms with Crippen LogP contribution >= 0.6 is 0 Å². The Morgan fingerprint density at radius 1 is 1.57 bits per heavy atom. The summed E-state index contributed by atoms with van der Waals surface area (Å²) in [5.41, 5.74) is 1.93. The molecule has 0 amide bonds. The smallest absolute Gasteiger partial charge is 0.307 e. The summed E-state index contributed by atoms with van der Waals surface area (Å²) in [5.74, 6) is 0.887. The monoisotopic (exact) mass is 195 g/mol. The zero-order valence-corrected chi connectivity index (χ0v) is 8.33. The average Bonchev–Trinajstić information content (AvgIpc) is 2.51. The van der Waals surface area contributed by atoms with Gasteiger partial charge in [-0.15, -0.1) is 0 Å². The third kappa shape index (κ3) is 1.42. The number of rotatable bonds is 2. The zero-order chi connectivity index (χ0) is 10.3. The molecular weight excluding hydrogens is 182 g/mol. The van der Waals surface area contributed by atoms with Gasteiger partial charge >= 0.3 is 5.97 Å². The molecule has 0 aliphatic carbocycles. The number of carbonyl (C=O) groups is 1. The van der Waals surface area contributed by atoms with Crippen LogP contribution in [0.1, 0.15) is 22.6 Å². The molecule has 0 saturated carbocycles. The fraction of sp³-hybridized carbons (Fsp3) is 0.500. The minimum Gasteiger partial charge on any atom is -0.481 e. The van der Waals surface area contributed by atoms with Crippen molar-refractivity contribution in [3.63, 3.8) is 0 Å². The Hall–Kier alpha value is -1.29. The largest absolute Gasteiger partial charge is 0.481 e. The van der Waals surface area contributed by atoms with E-state index in [1.54, 1.807) is 0 Å². The number of hydrogen-bond donors (Lipinski definition) is 1. The quantitative estimate of drug-likeness (QED) is 0.769. The lowest BCUT2D eigenvalue weighted by Crippen LogP contribution is -2.10. The molecular formula is C10H13NO3. The van der Waals surface area contributed by atoms with Crippen LogP contribution in [0.3, 0.4) is 0 Å². The molecule has 1 N–H and O–H groups in total. The molecule has 4 nitrogen and oxygen atoms in total. The predicted octanol–water partition coefficient (Wildman–Crippen LogP) is 1.16. The Balaban J connectivity index is 2.36. The average molecular weight is 195 g/mol. The third-order valence-corrected chi connectivity index (χ3v) is 2.57. The van der Waals surface area contributed by atoms with E-state index in [1.807, 2.05) is 14.0 Å². The molecule has 0 aromatic carbocycles. The highest BCUT2D eigenvalue weighted by Gasteiger charge is 2.26. The van der Waals surface area contributed by atoms with E-state index in [-0.39, 0.29) is 6.42 Å². The Morgan fingerprint density at radius 3 is 2.93 bits per heavy atom. The zero-order valence-electron chi connectivity index (χ0n) is 8.33. The van der Waals surface area contributed by atoms with Crippen molar-refractivity contribution in [3.05, 3.63) is 22.6 Å². The molecule has 0 fully saturated rings. The third-order valence-electron chi connectivity index (χ3n) is 2.57. The van der Waals surface area contributed by atoms with Crippen LogP contribution in [0, 0.1) is 6.92 Å². The van der Waals surface area contributed by atoms with Gasteiger partial charge in [-0.05, 0) is 14.0 Å². The maximum Gasteiger partial charge on any atom is 0.307 e. The van der Waals surface area contributed by atoms with Crippen molar-refractivity contribution in [1.29, 1.82) is 0 Å². The number of furan rings is 1. The second-order valence-electron chi connectivity index (χ2n) is 3.78. The van der Waals surface area contributed by atoms with Gasteiger partial charge in [-0.3, -0.25) is 9.69 Å². The van der Waals surface area contributed by atoms with Gasteiger partial charge in [-0.2, -0.15) is 0 Å². The molecule has 76 valence electrons. The molecule has 0 saturated heterocycles. The highest BCUT2D eigenvalue weighted by molar-refractivity contribution is 5.71. The lowest BCUT2D eigenvalue weighted by Gasteiger charge is -2.05. The molecule has 1 aliphatic heterocycles. The first-order valence-electron chi connectivity index (χ1n) is 4.58. The topological polar surface area (TPSA) is 53.7 Å². The molecule has 0 atom stereocenters. The standard InChI is InChI=1S/C10H13NO3/c1-6-7(3-10(12)13)8-4-11(2)5-9(8)14-6/h3-5H2,1-2H3,(H,12,13). The van der Waals surface area contributed by atoms with Crippen molar-refractivity contribution < 1.29 is 14.3 Å². The number of carboxylic acid groups (broad SMARTS) is 1. The Morgan fingerprint density at radius 2 is 2.29 bits per heavy atom. The number of hydrogen-bond acceptors (Lipinski definition) is 3. The van der Waals surface area contributed by atoms with Gasteiger partial charge in [-0.25, -0.2) is 0 Å². The fourth-order valence-electron chi connectivity index (χ4n) is 1.95. The number of nitrogens with zero attached hydrogens (tertiary/aromatic N) is 1. The molecule has 2 rings (SSSR count). The summed E-state index contributed by atoms with van der Waals surface area (Å²) in [5, 5.41) is 8.75. The Kier molecular flexibility index (Phi) is 2.07. The van der Waals surface area contributed by atoms with Crippen LogP contribution in [-0.4, -0.2) is 23.0 Å². The normalized spacial score (nSPS) is 15.9. The van der Waals surface area contributed by atoms with Crippen LogP contribution < -0.4 is 0 Å². The Bertz CT molecular complexity index is 381. The maximum absolute atomic E-state index is 10.6. The van der Waals surface area contributed by atoms with Crippen molar-refractivity contribution in [3.8, 4) is 0 Å². The minimum atomic E-state index is -0.800. The van der Waals surface area contributed by atoms with Gasteiger partial charge in [0.1, 0.15) is 11.5 Å². The van der Waals surface area contributed by atoms with E-state index in [1.165, 1.54) is 0 Å². The van der Waals surface area contributed by atoms with Crippen molar-refractivity contribution in [2.45, 2.75) is 26.4 Å². The van der Waals surface area contributed by atoms with E-state index in [4.69, 9.17) is 9.52 Å². The molecule has 1 aromatic rings. The van der Waals surface area contributed by atoms with E-state index in [0.717, 1.165) is 35.7 Å². The summed E-state index contributed by atoms with van der Waals surface area (Å²) in [4.78, 5) is 12.8. The number of carboxylic acids is 1. The first-order chi connectivity index (χ1) is 6.58. The highest BCUT2D eigenvalue weighted by atomic mass is 16.4. The van der Waals surface area contributed by atoms with E-state index in [0.29, 0.717) is 0 Å². The lowest BCUT2D eigenvalue weighted by atomic mass is 10.1. The predicted molar refractivity (Wildman–Crippen MR) is 50.0 cm³/mol. The van der Waals surface area contributed by atoms with Gasteiger partial charge in [0.05, 0.1) is 13.0 Å². The summed E-state index contributed by atoms with van der Waals surface area (Å²) >= 11 is 0. The van der Waals surface area contributed by atoms with E-state index in [9.17, 15) is 4.79 Å². The summed E-state index contributed by atoms with van der Waals surface area (Å²) < 4.78 is 5.52. The summed E-state index contributed by atoms with van der Waals surface area (Å²) in [7, 11) is 2.00. The fourth-order valence-corrected chi connectivity index (χ4v) is 1.95. The van der Waals surface area contributed by atoms with E-state index < -0.39 is 5.97 Å². The number of fused-ring (bicyclic) bond motifs is 1. The highest BCUT2D eigenvalue weighted by Crippen LogP contribution is 2.30. The van der Waals surface area contributed by atoms with Gasteiger partial charge in [0.25, 0.3) is 0 Å². The Labute approximate surface area is 82.1 Å².